The summed E-state index contributed by atoms with van der Waals surface area (Å²) in [6.45, 7) is 0. The number of alkyl halides is 3. The van der Waals surface area contributed by atoms with Crippen LogP contribution in [0.2, 0.25) is 0 Å². The smallest absolute Gasteiger partial charge is 0.449 e. The zero-order valence-corrected chi connectivity index (χ0v) is 9.02. The number of carboxylic acid groups (broad SMARTS) is 1. The Kier molecular flexibility index (Phi) is 2.64. The molecular formula is C10H7F3N2O3. The molecule has 0 saturated heterocycles. The van der Waals surface area contributed by atoms with Crippen LogP contribution >= 0.6 is 0 Å². The molecule has 0 unspecified atom stereocenters. The number of hydrogen-bond donors (Lipinski definition) is 1. The van der Waals surface area contributed by atoms with E-state index in [2.05, 4.69) is 9.52 Å². The van der Waals surface area contributed by atoms with Crippen LogP contribution in [-0.2, 0) is 13.2 Å². The number of carbonyl (C=O) groups is 1. The van der Waals surface area contributed by atoms with E-state index in [0.717, 1.165) is 23.0 Å². The summed E-state index contributed by atoms with van der Waals surface area (Å²) in [6.07, 6.45) is -3.56. The summed E-state index contributed by atoms with van der Waals surface area (Å²) in [7, 11) is 1.41. The average Bonchev–Trinajstić information content (AvgIpc) is 2.81. The van der Waals surface area contributed by atoms with Crippen molar-refractivity contribution in [3.8, 4) is 11.5 Å². The van der Waals surface area contributed by atoms with E-state index in [1.807, 2.05) is 0 Å². The Morgan fingerprint density at radius 1 is 1.44 bits per heavy atom. The quantitative estimate of drug-likeness (QED) is 0.900. The lowest BCUT2D eigenvalue weighted by Gasteiger charge is -2.02. The van der Waals surface area contributed by atoms with E-state index in [-0.39, 0.29) is 17.0 Å². The van der Waals surface area contributed by atoms with Gasteiger partial charge < -0.3 is 9.52 Å². The lowest BCUT2D eigenvalue weighted by atomic mass is 10.2. The molecule has 0 bridgehead atoms. The van der Waals surface area contributed by atoms with Gasteiger partial charge in [-0.1, -0.05) is 0 Å². The van der Waals surface area contributed by atoms with Crippen LogP contribution < -0.4 is 0 Å². The molecule has 0 amide bonds. The molecule has 2 aromatic rings. The van der Waals surface area contributed by atoms with E-state index < -0.39 is 17.9 Å². The van der Waals surface area contributed by atoms with Gasteiger partial charge in [-0.25, -0.2) is 4.79 Å². The van der Waals surface area contributed by atoms with Crippen LogP contribution in [0.3, 0.4) is 0 Å². The predicted molar refractivity (Wildman–Crippen MR) is 52.9 cm³/mol. The topological polar surface area (TPSA) is 68.3 Å². The molecule has 0 radical (unpaired) electrons. The maximum Gasteiger partial charge on any atom is 0.449 e. The van der Waals surface area contributed by atoms with E-state index >= 15 is 0 Å². The number of nitrogens with zero attached hydrogens (tertiary/aromatic N) is 2. The summed E-state index contributed by atoms with van der Waals surface area (Å²) in [4.78, 5) is 10.9. The second kappa shape index (κ2) is 3.90. The van der Waals surface area contributed by atoms with Gasteiger partial charge in [-0.2, -0.15) is 18.3 Å². The van der Waals surface area contributed by atoms with Gasteiger partial charge >= 0.3 is 12.1 Å². The van der Waals surface area contributed by atoms with Gasteiger partial charge in [0.25, 0.3) is 0 Å². The molecule has 1 N–H and O–H groups in total. The number of hydrogen-bond acceptors (Lipinski definition) is 3. The van der Waals surface area contributed by atoms with Crippen LogP contribution in [0.15, 0.2) is 22.7 Å². The zero-order valence-electron chi connectivity index (χ0n) is 9.02. The van der Waals surface area contributed by atoms with Crippen molar-refractivity contribution in [2.75, 3.05) is 0 Å². The number of aryl methyl sites for hydroxylation is 1. The van der Waals surface area contributed by atoms with Gasteiger partial charge in [0.15, 0.2) is 5.76 Å². The van der Waals surface area contributed by atoms with E-state index in [0.29, 0.717) is 0 Å². The SMILES string of the molecule is Cn1ncc(C(=O)O)c1-c1ccc(C(F)(F)F)o1. The molecule has 2 heterocycles. The van der Waals surface area contributed by atoms with Crippen LogP contribution in [0.1, 0.15) is 16.1 Å². The van der Waals surface area contributed by atoms with E-state index in [9.17, 15) is 18.0 Å². The third-order valence-corrected chi connectivity index (χ3v) is 2.29. The van der Waals surface area contributed by atoms with Gasteiger partial charge in [-0.05, 0) is 12.1 Å². The van der Waals surface area contributed by atoms with Crippen LogP contribution in [0.4, 0.5) is 13.2 Å². The van der Waals surface area contributed by atoms with Crippen molar-refractivity contribution in [2.24, 2.45) is 7.05 Å². The molecule has 96 valence electrons. The molecule has 0 aliphatic carbocycles. The van der Waals surface area contributed by atoms with E-state index in [4.69, 9.17) is 5.11 Å². The number of rotatable bonds is 2. The van der Waals surface area contributed by atoms with Crippen molar-refractivity contribution in [2.45, 2.75) is 6.18 Å². The summed E-state index contributed by atoms with van der Waals surface area (Å²) >= 11 is 0. The number of carboxylic acids is 1. The highest BCUT2D eigenvalue weighted by Gasteiger charge is 2.35. The Balaban J connectivity index is 2.53. The molecule has 18 heavy (non-hydrogen) atoms. The van der Waals surface area contributed by atoms with Crippen LogP contribution in [0, 0.1) is 0 Å². The van der Waals surface area contributed by atoms with E-state index in [1.165, 1.54) is 7.05 Å². The molecule has 0 aliphatic rings. The Morgan fingerprint density at radius 3 is 2.61 bits per heavy atom. The highest BCUT2D eigenvalue weighted by molar-refractivity contribution is 5.93. The summed E-state index contributed by atoms with van der Waals surface area (Å²) < 4.78 is 42.9. The van der Waals surface area contributed by atoms with Crippen molar-refractivity contribution < 1.29 is 27.5 Å². The van der Waals surface area contributed by atoms with Crippen molar-refractivity contribution in [3.63, 3.8) is 0 Å². The standard InChI is InChI=1S/C10H7F3N2O3/c1-15-8(5(4-14-15)9(16)17)6-2-3-7(18-6)10(11,12)13/h2-4H,1H3,(H,16,17). The fourth-order valence-corrected chi connectivity index (χ4v) is 1.50. The molecule has 5 nitrogen and oxygen atoms in total. The molecule has 2 rings (SSSR count). The number of furan rings is 1. The third-order valence-electron chi connectivity index (χ3n) is 2.29. The summed E-state index contributed by atoms with van der Waals surface area (Å²) in [5, 5.41) is 12.6. The Hall–Kier alpha value is -2.25. The van der Waals surface area contributed by atoms with Crippen LogP contribution in [-0.4, -0.2) is 20.9 Å². The van der Waals surface area contributed by atoms with Crippen LogP contribution in [0.5, 0.6) is 0 Å². The predicted octanol–water partition coefficient (Wildman–Crippen LogP) is 2.40. The Labute approximate surface area is 98.4 Å². The number of aromatic nitrogens is 2. The zero-order chi connectivity index (χ0) is 13.5. The van der Waals surface area contributed by atoms with Crippen molar-refractivity contribution in [1.82, 2.24) is 9.78 Å². The Morgan fingerprint density at radius 2 is 2.11 bits per heavy atom. The second-order valence-electron chi connectivity index (χ2n) is 3.50. The molecule has 0 aliphatic heterocycles. The van der Waals surface area contributed by atoms with Gasteiger partial charge in [-0.15, -0.1) is 0 Å². The molecular weight excluding hydrogens is 253 g/mol. The minimum Gasteiger partial charge on any atom is -0.478 e. The lowest BCUT2D eigenvalue weighted by molar-refractivity contribution is -0.152. The van der Waals surface area contributed by atoms with Gasteiger partial charge in [-0.3, -0.25) is 4.68 Å². The van der Waals surface area contributed by atoms with Crippen molar-refractivity contribution >= 4 is 5.97 Å². The molecule has 8 heteroatoms. The minimum absolute atomic E-state index is 0.0157. The highest BCUT2D eigenvalue weighted by Crippen LogP contribution is 2.34. The third kappa shape index (κ3) is 1.96. The maximum atomic E-state index is 12.4. The lowest BCUT2D eigenvalue weighted by Crippen LogP contribution is -2.02. The minimum atomic E-state index is -4.61. The van der Waals surface area contributed by atoms with E-state index in [1.54, 1.807) is 0 Å². The average molecular weight is 260 g/mol. The normalized spacial score (nSPS) is 11.8. The van der Waals surface area contributed by atoms with Gasteiger partial charge in [0.05, 0.1) is 6.20 Å². The fourth-order valence-electron chi connectivity index (χ4n) is 1.50. The monoisotopic (exact) mass is 260 g/mol. The van der Waals surface area contributed by atoms with Gasteiger partial charge in [0.1, 0.15) is 11.3 Å². The first-order chi connectivity index (χ1) is 8.30. The first kappa shape index (κ1) is 12.2. The molecule has 0 atom stereocenters. The molecule has 0 spiro atoms. The summed E-state index contributed by atoms with van der Waals surface area (Å²) in [5.74, 6) is -2.67. The summed E-state index contributed by atoms with van der Waals surface area (Å²) in [5.41, 5.74) is -0.237. The molecule has 0 saturated carbocycles. The fraction of sp³-hybridized carbons (Fsp3) is 0.200. The number of aromatic carboxylic acids is 1. The molecule has 0 aromatic carbocycles. The molecule has 2 aromatic heterocycles. The van der Waals surface area contributed by atoms with Crippen molar-refractivity contribution in [1.29, 1.82) is 0 Å². The van der Waals surface area contributed by atoms with Gasteiger partial charge in [0, 0.05) is 7.05 Å². The summed E-state index contributed by atoms with van der Waals surface area (Å²) in [6, 6.07) is 1.81. The van der Waals surface area contributed by atoms with Gasteiger partial charge in [0.2, 0.25) is 5.76 Å². The highest BCUT2D eigenvalue weighted by atomic mass is 19.4. The largest absolute Gasteiger partial charge is 0.478 e. The maximum absolute atomic E-state index is 12.4. The van der Waals surface area contributed by atoms with Crippen LogP contribution in [0.25, 0.3) is 11.5 Å². The Bertz CT molecular complexity index is 598. The molecule has 0 fully saturated rings. The first-order valence-electron chi connectivity index (χ1n) is 4.73. The second-order valence-corrected chi connectivity index (χ2v) is 3.50. The first-order valence-corrected chi connectivity index (χ1v) is 4.73. The number of halogens is 3. The van der Waals surface area contributed by atoms with Crippen molar-refractivity contribution in [3.05, 3.63) is 29.7 Å².